The Balaban J connectivity index is 1.98. The number of carbonyl (C=O) groups excluding carboxylic acids is 2. The summed E-state index contributed by atoms with van der Waals surface area (Å²) in [6.07, 6.45) is 1.59. The maximum Gasteiger partial charge on any atom is 0.332 e. The van der Waals surface area contributed by atoms with Crippen molar-refractivity contribution in [3.05, 3.63) is 26.7 Å². The second kappa shape index (κ2) is 7.63. The van der Waals surface area contributed by atoms with E-state index in [1.807, 2.05) is 0 Å². The summed E-state index contributed by atoms with van der Waals surface area (Å²) in [7, 11) is 2.94. The zero-order valence-corrected chi connectivity index (χ0v) is 16.2. The second-order valence-electron chi connectivity index (χ2n) is 6.37. The quantitative estimate of drug-likeness (QED) is 0.290. The Morgan fingerprint density at radius 1 is 1.19 bits per heavy atom. The Morgan fingerprint density at radius 2 is 1.89 bits per heavy atom. The van der Waals surface area contributed by atoms with Gasteiger partial charge in [0.05, 0.1) is 12.4 Å². The van der Waals surface area contributed by atoms with Gasteiger partial charge in [-0.15, -0.1) is 0 Å². The van der Waals surface area contributed by atoms with Crippen LogP contribution in [0, 0.1) is 0 Å². The van der Waals surface area contributed by atoms with Gasteiger partial charge in [0.25, 0.3) is 5.56 Å². The second-order valence-corrected chi connectivity index (χ2v) is 7.34. The molecule has 10 heteroatoms. The van der Waals surface area contributed by atoms with Crippen molar-refractivity contribution in [2.45, 2.75) is 37.1 Å². The molecule has 27 heavy (non-hydrogen) atoms. The van der Waals surface area contributed by atoms with Crippen molar-refractivity contribution in [1.82, 2.24) is 19.1 Å². The number of Topliss-reactive ketones (excluding diaryl/α,β-unsaturated/α-hetero) is 1. The summed E-state index contributed by atoms with van der Waals surface area (Å²) in [5, 5.41) is 0.563. The molecule has 0 amide bonds. The van der Waals surface area contributed by atoms with Gasteiger partial charge in [-0.05, 0) is 19.8 Å². The first kappa shape index (κ1) is 19.3. The van der Waals surface area contributed by atoms with Gasteiger partial charge < -0.3 is 4.74 Å². The normalized spacial score (nSPS) is 13.7. The molecule has 2 aromatic rings. The zero-order valence-electron chi connectivity index (χ0n) is 15.4. The minimum absolute atomic E-state index is 0.0268. The Bertz CT molecular complexity index is 1040. The lowest BCUT2D eigenvalue weighted by Gasteiger charge is -2.11. The summed E-state index contributed by atoms with van der Waals surface area (Å²) >= 11 is 1.08. The molecular weight excluding hydrogens is 372 g/mol. The van der Waals surface area contributed by atoms with Crippen molar-refractivity contribution in [1.29, 1.82) is 0 Å². The molecule has 1 saturated carbocycles. The Hall–Kier alpha value is -2.49. The highest BCUT2D eigenvalue weighted by atomic mass is 32.2. The van der Waals surface area contributed by atoms with Crippen molar-refractivity contribution in [3.63, 3.8) is 0 Å². The maximum absolute atomic E-state index is 12.6. The van der Waals surface area contributed by atoms with E-state index < -0.39 is 17.2 Å². The first-order valence-electron chi connectivity index (χ1n) is 8.61. The van der Waals surface area contributed by atoms with Gasteiger partial charge in [0.1, 0.15) is 22.7 Å². The Kier molecular flexibility index (Phi) is 5.45. The highest BCUT2D eigenvalue weighted by Gasteiger charge is 2.29. The van der Waals surface area contributed by atoms with E-state index in [1.54, 1.807) is 14.0 Å². The van der Waals surface area contributed by atoms with Crippen molar-refractivity contribution >= 4 is 34.5 Å². The van der Waals surface area contributed by atoms with E-state index in [1.165, 1.54) is 11.6 Å². The fourth-order valence-electron chi connectivity index (χ4n) is 2.65. The standard InChI is InChI=1S/C17H20N4O5S/c1-4-26-11(23)7-10(22)8-27-15-12-14(18-13(19-15)9-5-6-9)20(2)17(25)21(3)16(12)24/h9H,4-8H2,1-3H3. The van der Waals surface area contributed by atoms with Crippen molar-refractivity contribution < 1.29 is 14.3 Å². The average molecular weight is 392 g/mol. The molecule has 0 atom stereocenters. The van der Waals surface area contributed by atoms with Crippen LogP contribution in [-0.2, 0) is 28.4 Å². The Morgan fingerprint density at radius 3 is 2.52 bits per heavy atom. The van der Waals surface area contributed by atoms with Gasteiger partial charge in [0.15, 0.2) is 11.4 Å². The number of esters is 1. The van der Waals surface area contributed by atoms with E-state index in [4.69, 9.17) is 4.74 Å². The van der Waals surface area contributed by atoms with E-state index in [-0.39, 0.29) is 41.5 Å². The summed E-state index contributed by atoms with van der Waals surface area (Å²) in [6, 6.07) is 0. The number of carbonyl (C=O) groups is 2. The van der Waals surface area contributed by atoms with E-state index in [2.05, 4.69) is 9.97 Å². The predicted molar refractivity (Wildman–Crippen MR) is 99.0 cm³/mol. The number of aromatic nitrogens is 4. The summed E-state index contributed by atoms with van der Waals surface area (Å²) in [6.45, 7) is 1.88. The molecule has 0 unspecified atom stereocenters. The number of hydrogen-bond donors (Lipinski definition) is 0. The average Bonchev–Trinajstić information content (AvgIpc) is 3.47. The summed E-state index contributed by atoms with van der Waals surface area (Å²) < 4.78 is 7.08. The van der Waals surface area contributed by atoms with Crippen LogP contribution in [0.15, 0.2) is 14.6 Å². The van der Waals surface area contributed by atoms with Crippen LogP contribution in [-0.4, -0.2) is 43.2 Å². The molecule has 1 aliphatic rings. The number of nitrogens with zero attached hydrogens (tertiary/aromatic N) is 4. The fraction of sp³-hybridized carbons (Fsp3) is 0.529. The van der Waals surface area contributed by atoms with Crippen molar-refractivity contribution in [3.8, 4) is 0 Å². The summed E-state index contributed by atoms with van der Waals surface area (Å²) in [4.78, 5) is 57.2. The van der Waals surface area contributed by atoms with Gasteiger partial charge in [0, 0.05) is 20.0 Å². The molecule has 0 N–H and O–H groups in total. The number of rotatable bonds is 7. The molecule has 0 saturated heterocycles. The van der Waals surface area contributed by atoms with Crippen LogP contribution in [0.4, 0.5) is 0 Å². The van der Waals surface area contributed by atoms with E-state index >= 15 is 0 Å². The van der Waals surface area contributed by atoms with Crippen molar-refractivity contribution in [2.75, 3.05) is 12.4 Å². The molecular formula is C17H20N4O5S. The first-order valence-corrected chi connectivity index (χ1v) is 9.59. The van der Waals surface area contributed by atoms with Gasteiger partial charge in [-0.25, -0.2) is 14.8 Å². The van der Waals surface area contributed by atoms with Crippen molar-refractivity contribution in [2.24, 2.45) is 14.1 Å². The van der Waals surface area contributed by atoms with Gasteiger partial charge in [-0.2, -0.15) is 0 Å². The summed E-state index contributed by atoms with van der Waals surface area (Å²) in [5.41, 5.74) is -0.710. The van der Waals surface area contributed by atoms with Gasteiger partial charge in [-0.3, -0.25) is 23.5 Å². The molecule has 0 aliphatic heterocycles. The zero-order chi connectivity index (χ0) is 19.7. The molecule has 3 rings (SSSR count). The number of thioether (sulfide) groups is 1. The van der Waals surface area contributed by atoms with Crippen LogP contribution in [0.1, 0.15) is 37.9 Å². The molecule has 0 radical (unpaired) electrons. The van der Waals surface area contributed by atoms with Crippen LogP contribution in [0.25, 0.3) is 11.0 Å². The first-order chi connectivity index (χ1) is 12.8. The number of ketones is 1. The van der Waals surface area contributed by atoms with Crippen LogP contribution < -0.4 is 11.2 Å². The van der Waals surface area contributed by atoms with Gasteiger partial charge in [0.2, 0.25) is 0 Å². The van der Waals surface area contributed by atoms with E-state index in [0.717, 1.165) is 29.2 Å². The third-order valence-corrected chi connectivity index (χ3v) is 5.28. The Labute approximate surface area is 158 Å². The molecule has 2 aromatic heterocycles. The van der Waals surface area contributed by atoms with E-state index in [0.29, 0.717) is 10.9 Å². The largest absolute Gasteiger partial charge is 0.466 e. The van der Waals surface area contributed by atoms with Gasteiger partial charge >= 0.3 is 11.7 Å². The number of ether oxygens (including phenoxy) is 1. The topological polar surface area (TPSA) is 113 Å². The minimum atomic E-state index is -0.576. The lowest BCUT2D eigenvalue weighted by atomic mass is 10.3. The van der Waals surface area contributed by atoms with Crippen LogP contribution >= 0.6 is 11.8 Å². The third-order valence-electron chi connectivity index (χ3n) is 4.24. The minimum Gasteiger partial charge on any atom is -0.466 e. The smallest absolute Gasteiger partial charge is 0.332 e. The van der Waals surface area contributed by atoms with Crippen LogP contribution in [0.3, 0.4) is 0 Å². The van der Waals surface area contributed by atoms with Crippen LogP contribution in [0.2, 0.25) is 0 Å². The molecule has 144 valence electrons. The molecule has 9 nitrogen and oxygen atoms in total. The highest BCUT2D eigenvalue weighted by Crippen LogP contribution is 2.39. The molecule has 0 aromatic carbocycles. The lowest BCUT2D eigenvalue weighted by Crippen LogP contribution is -2.37. The molecule has 0 spiro atoms. The molecule has 2 heterocycles. The molecule has 1 fully saturated rings. The monoisotopic (exact) mass is 392 g/mol. The molecule has 0 bridgehead atoms. The maximum atomic E-state index is 12.6. The number of hydrogen-bond acceptors (Lipinski definition) is 8. The lowest BCUT2D eigenvalue weighted by molar-refractivity contribution is -0.145. The number of fused-ring (bicyclic) bond motifs is 1. The van der Waals surface area contributed by atoms with Crippen LogP contribution in [0.5, 0.6) is 0 Å². The summed E-state index contributed by atoms with van der Waals surface area (Å²) in [5.74, 6) is -0.136. The molecule has 1 aliphatic carbocycles. The van der Waals surface area contributed by atoms with Gasteiger partial charge in [-0.1, -0.05) is 11.8 Å². The third kappa shape index (κ3) is 3.95. The highest BCUT2D eigenvalue weighted by molar-refractivity contribution is 8.00. The van der Waals surface area contributed by atoms with E-state index in [9.17, 15) is 19.2 Å². The SMILES string of the molecule is CCOC(=O)CC(=O)CSc1nc(C2CC2)nc2c1c(=O)n(C)c(=O)n2C. The fourth-order valence-corrected chi connectivity index (χ4v) is 3.53. The predicted octanol–water partition coefficient (Wildman–Crippen LogP) is 0.519. The number of aryl methyl sites for hydroxylation is 1.